The lowest BCUT2D eigenvalue weighted by Gasteiger charge is -2.47. The van der Waals surface area contributed by atoms with Gasteiger partial charge in [0.1, 0.15) is 5.75 Å². The van der Waals surface area contributed by atoms with E-state index in [1.807, 2.05) is 12.1 Å². The number of benzene rings is 1. The van der Waals surface area contributed by atoms with E-state index in [2.05, 4.69) is 22.9 Å². The lowest BCUT2D eigenvalue weighted by Crippen LogP contribution is -2.54. The fourth-order valence-corrected chi connectivity index (χ4v) is 4.59. The number of pyridine rings is 1. The Hall–Kier alpha value is -2.11. The fraction of sp³-hybridized carbons (Fsp3) is 0.500. The van der Waals surface area contributed by atoms with Crippen molar-refractivity contribution >= 4 is 0 Å². The molecular formula is C22H26N2O3. The fourth-order valence-electron chi connectivity index (χ4n) is 4.59. The summed E-state index contributed by atoms with van der Waals surface area (Å²) in [6, 6.07) is 8.46. The second kappa shape index (κ2) is 6.50. The molecule has 1 saturated carbocycles. The number of nitrogens with one attached hydrogen (secondary N) is 1. The summed E-state index contributed by atoms with van der Waals surface area (Å²) in [5.41, 5.74) is 4.12. The molecule has 0 unspecified atom stereocenters. The van der Waals surface area contributed by atoms with E-state index in [0.29, 0.717) is 6.61 Å². The van der Waals surface area contributed by atoms with Crippen molar-refractivity contribution in [3.8, 4) is 16.9 Å². The summed E-state index contributed by atoms with van der Waals surface area (Å²) < 4.78 is 12.7. The van der Waals surface area contributed by atoms with E-state index in [4.69, 9.17) is 9.47 Å². The number of nitrogens with zero attached hydrogens (tertiary/aromatic N) is 1. The summed E-state index contributed by atoms with van der Waals surface area (Å²) in [7, 11) is 0. The van der Waals surface area contributed by atoms with E-state index in [9.17, 15) is 4.79 Å². The summed E-state index contributed by atoms with van der Waals surface area (Å²) >= 11 is 0. The monoisotopic (exact) mass is 366 g/mol. The lowest BCUT2D eigenvalue weighted by atomic mass is 9.88. The Kier molecular flexibility index (Phi) is 4.10. The Morgan fingerprint density at radius 3 is 2.70 bits per heavy atom. The number of rotatable bonds is 2. The molecule has 5 rings (SSSR count). The minimum Gasteiger partial charge on any atom is -0.462 e. The summed E-state index contributed by atoms with van der Waals surface area (Å²) in [6.45, 7) is 4.77. The summed E-state index contributed by atoms with van der Waals surface area (Å²) in [5.74, 6) is 0.467. The SMILES string of the molecule is Cc1c(-c2cc[nH]c(=O)c2)ccc2c1COC1(CCN(C3CCC3)CC1)O2. The molecule has 5 heteroatoms. The lowest BCUT2D eigenvalue weighted by molar-refractivity contribution is -0.231. The van der Waals surface area contributed by atoms with Crippen LogP contribution in [0.2, 0.25) is 0 Å². The number of hydrogen-bond donors (Lipinski definition) is 1. The van der Waals surface area contributed by atoms with E-state index in [0.717, 1.165) is 60.0 Å². The molecule has 142 valence electrons. The molecule has 1 aromatic heterocycles. The number of aromatic nitrogens is 1. The van der Waals surface area contributed by atoms with Crippen molar-refractivity contribution in [3.05, 3.63) is 51.9 Å². The van der Waals surface area contributed by atoms with Crippen LogP contribution in [-0.2, 0) is 11.3 Å². The maximum atomic E-state index is 11.7. The van der Waals surface area contributed by atoms with Crippen molar-refractivity contribution < 1.29 is 9.47 Å². The number of ether oxygens (including phenoxy) is 2. The number of H-pyrrole nitrogens is 1. The molecule has 2 aromatic rings. The average Bonchev–Trinajstić information content (AvgIpc) is 2.62. The van der Waals surface area contributed by atoms with E-state index in [1.165, 1.54) is 19.3 Å². The van der Waals surface area contributed by atoms with Crippen molar-refractivity contribution in [2.24, 2.45) is 0 Å². The highest BCUT2D eigenvalue weighted by molar-refractivity contribution is 5.70. The van der Waals surface area contributed by atoms with Crippen LogP contribution < -0.4 is 10.3 Å². The van der Waals surface area contributed by atoms with Crippen LogP contribution in [0.15, 0.2) is 35.3 Å². The quantitative estimate of drug-likeness (QED) is 0.882. The molecule has 0 amide bonds. The third-order valence-corrected chi connectivity index (χ3v) is 6.57. The first-order chi connectivity index (χ1) is 13.1. The molecule has 2 aliphatic heterocycles. The maximum Gasteiger partial charge on any atom is 0.248 e. The molecule has 1 aliphatic carbocycles. The van der Waals surface area contributed by atoms with Gasteiger partial charge in [0.25, 0.3) is 0 Å². The van der Waals surface area contributed by atoms with Gasteiger partial charge in [-0.1, -0.05) is 12.5 Å². The van der Waals surface area contributed by atoms with Gasteiger partial charge in [-0.25, -0.2) is 0 Å². The van der Waals surface area contributed by atoms with Crippen molar-refractivity contribution in [2.75, 3.05) is 13.1 Å². The Labute approximate surface area is 159 Å². The van der Waals surface area contributed by atoms with Crippen molar-refractivity contribution in [2.45, 2.75) is 57.5 Å². The molecule has 1 aromatic carbocycles. The summed E-state index contributed by atoms with van der Waals surface area (Å²) in [4.78, 5) is 16.9. The van der Waals surface area contributed by atoms with Gasteiger partial charge in [-0.15, -0.1) is 0 Å². The van der Waals surface area contributed by atoms with E-state index in [-0.39, 0.29) is 5.56 Å². The number of likely N-dealkylation sites (tertiary alicyclic amines) is 1. The topological polar surface area (TPSA) is 54.6 Å². The van der Waals surface area contributed by atoms with Crippen LogP contribution in [-0.4, -0.2) is 34.8 Å². The van der Waals surface area contributed by atoms with Crippen LogP contribution in [0.3, 0.4) is 0 Å². The first kappa shape index (κ1) is 17.0. The number of piperidine rings is 1. The normalized spacial score (nSPS) is 22.1. The zero-order chi connectivity index (χ0) is 18.4. The van der Waals surface area contributed by atoms with E-state index < -0.39 is 5.79 Å². The number of aromatic amines is 1. The van der Waals surface area contributed by atoms with Crippen LogP contribution in [0.4, 0.5) is 0 Å². The van der Waals surface area contributed by atoms with Crippen LogP contribution in [0, 0.1) is 6.92 Å². The molecule has 1 N–H and O–H groups in total. The average molecular weight is 366 g/mol. The third kappa shape index (κ3) is 2.99. The minimum absolute atomic E-state index is 0.0886. The van der Waals surface area contributed by atoms with Crippen LogP contribution >= 0.6 is 0 Å². The molecule has 3 heterocycles. The van der Waals surface area contributed by atoms with Gasteiger partial charge in [0.15, 0.2) is 0 Å². The van der Waals surface area contributed by atoms with Gasteiger partial charge in [-0.2, -0.15) is 0 Å². The smallest absolute Gasteiger partial charge is 0.248 e. The molecule has 1 saturated heterocycles. The Bertz CT molecular complexity index is 908. The van der Waals surface area contributed by atoms with E-state index in [1.54, 1.807) is 12.3 Å². The van der Waals surface area contributed by atoms with Gasteiger partial charge in [-0.05, 0) is 48.6 Å². The predicted octanol–water partition coefficient (Wildman–Crippen LogP) is 3.60. The minimum atomic E-state index is -0.467. The molecule has 2 fully saturated rings. The maximum absolute atomic E-state index is 11.7. The van der Waals surface area contributed by atoms with Gasteiger partial charge in [0.2, 0.25) is 11.3 Å². The Balaban J connectivity index is 1.38. The highest BCUT2D eigenvalue weighted by Crippen LogP contribution is 2.42. The highest BCUT2D eigenvalue weighted by Gasteiger charge is 2.43. The molecule has 27 heavy (non-hydrogen) atoms. The van der Waals surface area contributed by atoms with Gasteiger partial charge in [0.05, 0.1) is 6.61 Å². The Morgan fingerprint density at radius 1 is 1.19 bits per heavy atom. The van der Waals surface area contributed by atoms with E-state index >= 15 is 0 Å². The second-order valence-electron chi connectivity index (χ2n) is 8.08. The van der Waals surface area contributed by atoms with Gasteiger partial charge >= 0.3 is 0 Å². The van der Waals surface area contributed by atoms with Crippen molar-refractivity contribution in [1.29, 1.82) is 0 Å². The molecule has 5 nitrogen and oxygen atoms in total. The van der Waals surface area contributed by atoms with Gasteiger partial charge in [0, 0.05) is 49.8 Å². The molecule has 0 atom stereocenters. The first-order valence-electron chi connectivity index (χ1n) is 10.0. The van der Waals surface area contributed by atoms with Crippen molar-refractivity contribution in [3.63, 3.8) is 0 Å². The summed E-state index contributed by atoms with van der Waals surface area (Å²) in [6.07, 6.45) is 7.62. The van der Waals surface area contributed by atoms with Gasteiger partial charge in [-0.3, -0.25) is 9.69 Å². The molecular weight excluding hydrogens is 340 g/mol. The van der Waals surface area contributed by atoms with Gasteiger partial charge < -0.3 is 14.5 Å². The second-order valence-corrected chi connectivity index (χ2v) is 8.08. The third-order valence-electron chi connectivity index (χ3n) is 6.57. The van der Waals surface area contributed by atoms with Crippen molar-refractivity contribution in [1.82, 2.24) is 9.88 Å². The highest BCUT2D eigenvalue weighted by atomic mass is 16.7. The largest absolute Gasteiger partial charge is 0.462 e. The van der Waals surface area contributed by atoms with Crippen LogP contribution in [0.25, 0.3) is 11.1 Å². The standard InChI is InChI=1S/C22H26N2O3/c1-15-18(16-7-10-23-21(25)13-16)5-6-20-19(15)14-26-22(27-20)8-11-24(12-9-22)17-3-2-4-17/h5-7,10,13,17H,2-4,8-9,11-12,14H2,1H3,(H,23,25). The Morgan fingerprint density at radius 2 is 2.00 bits per heavy atom. The summed E-state index contributed by atoms with van der Waals surface area (Å²) in [5, 5.41) is 0. The zero-order valence-electron chi connectivity index (χ0n) is 15.8. The number of fused-ring (bicyclic) bond motifs is 1. The van der Waals surface area contributed by atoms with Crippen LogP contribution in [0.5, 0.6) is 5.75 Å². The molecule has 3 aliphatic rings. The van der Waals surface area contributed by atoms with Crippen LogP contribution in [0.1, 0.15) is 43.2 Å². The number of hydrogen-bond acceptors (Lipinski definition) is 4. The predicted molar refractivity (Wildman–Crippen MR) is 104 cm³/mol. The molecule has 0 radical (unpaired) electrons. The zero-order valence-corrected chi connectivity index (χ0v) is 15.8. The molecule has 0 bridgehead atoms. The molecule has 1 spiro atoms. The first-order valence-corrected chi connectivity index (χ1v) is 10.0.